The molecule has 0 atom stereocenters. The zero-order valence-corrected chi connectivity index (χ0v) is 9.54. The molecule has 0 amide bonds. The lowest BCUT2D eigenvalue weighted by Crippen LogP contribution is -2.08. The monoisotopic (exact) mass is 237 g/mol. The predicted octanol–water partition coefficient (Wildman–Crippen LogP) is 1.67. The number of terminal acetylenes is 1. The smallest absolute Gasteiger partial charge is 0.340 e. The molecule has 0 heterocycles. The molecule has 0 saturated heterocycles. The highest BCUT2D eigenvalue weighted by molar-refractivity contribution is 5.91. The van der Waals surface area contributed by atoms with Crippen LogP contribution < -0.4 is 10.1 Å². The summed E-state index contributed by atoms with van der Waals surface area (Å²) in [6, 6.07) is 2.41. The average molecular weight is 237 g/mol. The molecule has 4 nitrogen and oxygen atoms in total. The van der Waals surface area contributed by atoms with Crippen molar-refractivity contribution in [2.75, 3.05) is 26.1 Å². The summed E-state index contributed by atoms with van der Waals surface area (Å²) in [7, 11) is 2.59. The van der Waals surface area contributed by atoms with Crippen LogP contribution in [-0.2, 0) is 4.74 Å². The van der Waals surface area contributed by atoms with E-state index in [1.807, 2.05) is 0 Å². The maximum absolute atomic E-state index is 13.6. The Hall–Kier alpha value is -2.22. The summed E-state index contributed by atoms with van der Waals surface area (Å²) in [5.41, 5.74) is 0.200. The Morgan fingerprint density at radius 3 is 2.76 bits per heavy atom. The Kier molecular flexibility index (Phi) is 4.35. The van der Waals surface area contributed by atoms with Gasteiger partial charge in [0.05, 0.1) is 32.0 Å². The second-order valence-corrected chi connectivity index (χ2v) is 3.08. The first-order chi connectivity index (χ1) is 8.13. The number of nitrogens with one attached hydrogen (secondary N) is 1. The van der Waals surface area contributed by atoms with Gasteiger partial charge in [-0.25, -0.2) is 9.18 Å². The average Bonchev–Trinajstić information content (AvgIpc) is 2.35. The lowest BCUT2D eigenvalue weighted by molar-refractivity contribution is 0.0595. The van der Waals surface area contributed by atoms with E-state index in [4.69, 9.17) is 11.2 Å². The van der Waals surface area contributed by atoms with E-state index in [0.717, 1.165) is 6.07 Å². The minimum absolute atomic E-state index is 0.185. The van der Waals surface area contributed by atoms with Gasteiger partial charge in [-0.1, -0.05) is 5.92 Å². The van der Waals surface area contributed by atoms with Crippen LogP contribution in [0.15, 0.2) is 12.1 Å². The normalized spacial score (nSPS) is 9.29. The molecule has 0 unspecified atom stereocenters. The van der Waals surface area contributed by atoms with Crippen LogP contribution in [0.3, 0.4) is 0 Å². The maximum Gasteiger partial charge on any atom is 0.340 e. The van der Waals surface area contributed by atoms with Gasteiger partial charge in [0.1, 0.15) is 11.6 Å². The van der Waals surface area contributed by atoms with E-state index >= 15 is 0 Å². The lowest BCUT2D eigenvalue weighted by atomic mass is 10.1. The van der Waals surface area contributed by atoms with E-state index in [-0.39, 0.29) is 12.1 Å². The van der Waals surface area contributed by atoms with E-state index < -0.39 is 11.8 Å². The third-order valence-electron chi connectivity index (χ3n) is 2.08. The van der Waals surface area contributed by atoms with Gasteiger partial charge in [-0.15, -0.1) is 6.42 Å². The summed E-state index contributed by atoms with van der Waals surface area (Å²) in [6.07, 6.45) is 5.08. The Labute approximate surface area is 98.7 Å². The minimum Gasteiger partial charge on any atom is -0.495 e. The Balaban J connectivity index is 3.15. The van der Waals surface area contributed by atoms with Crippen molar-refractivity contribution in [2.24, 2.45) is 0 Å². The standard InChI is InChI=1S/C12H12FNO3/c1-4-5-14-10-7-9(13)8(12(15)17-3)6-11(10)16-2/h1,6-7,14H,5H2,2-3H3. The van der Waals surface area contributed by atoms with Crippen LogP contribution in [0.4, 0.5) is 10.1 Å². The number of ether oxygens (including phenoxy) is 2. The van der Waals surface area contributed by atoms with Crippen molar-refractivity contribution < 1.29 is 18.7 Å². The van der Waals surface area contributed by atoms with Crippen molar-refractivity contribution in [1.29, 1.82) is 0 Å². The molecule has 0 fully saturated rings. The Morgan fingerprint density at radius 2 is 2.24 bits per heavy atom. The van der Waals surface area contributed by atoms with Gasteiger partial charge in [-0.3, -0.25) is 0 Å². The number of rotatable bonds is 4. The Bertz CT molecular complexity index is 466. The number of esters is 1. The molecule has 0 aliphatic rings. The van der Waals surface area contributed by atoms with Gasteiger partial charge in [0.2, 0.25) is 0 Å². The molecule has 0 bridgehead atoms. The third kappa shape index (κ3) is 2.88. The zero-order valence-electron chi connectivity index (χ0n) is 9.54. The second kappa shape index (κ2) is 5.75. The number of benzene rings is 1. The van der Waals surface area contributed by atoms with E-state index in [9.17, 15) is 9.18 Å². The van der Waals surface area contributed by atoms with E-state index in [0.29, 0.717) is 11.4 Å². The summed E-state index contributed by atoms with van der Waals surface area (Å²) < 4.78 is 23.1. The van der Waals surface area contributed by atoms with Gasteiger partial charge in [-0.05, 0) is 6.07 Å². The molecule has 0 aromatic heterocycles. The van der Waals surface area contributed by atoms with E-state index in [2.05, 4.69) is 16.0 Å². The highest BCUT2D eigenvalue weighted by atomic mass is 19.1. The number of methoxy groups -OCH3 is 2. The van der Waals surface area contributed by atoms with Crippen LogP contribution in [0, 0.1) is 18.2 Å². The molecule has 1 rings (SSSR count). The van der Waals surface area contributed by atoms with Gasteiger partial charge < -0.3 is 14.8 Å². The zero-order chi connectivity index (χ0) is 12.8. The number of carbonyl (C=O) groups is 1. The number of anilines is 1. The molecule has 0 radical (unpaired) electrons. The molecule has 0 saturated carbocycles. The SMILES string of the molecule is C#CCNc1cc(F)c(C(=O)OC)cc1OC. The van der Waals surface area contributed by atoms with Gasteiger partial charge in [-0.2, -0.15) is 0 Å². The molecule has 1 N–H and O–H groups in total. The number of carbonyl (C=O) groups excluding carboxylic acids is 1. The van der Waals surface area contributed by atoms with Crippen LogP contribution in [-0.4, -0.2) is 26.7 Å². The maximum atomic E-state index is 13.6. The van der Waals surface area contributed by atoms with Gasteiger partial charge in [0.25, 0.3) is 0 Å². The van der Waals surface area contributed by atoms with Crippen LogP contribution in [0.25, 0.3) is 0 Å². The second-order valence-electron chi connectivity index (χ2n) is 3.08. The third-order valence-corrected chi connectivity index (χ3v) is 2.08. The lowest BCUT2D eigenvalue weighted by Gasteiger charge is -2.11. The molecule has 1 aromatic rings. The number of halogens is 1. The number of hydrogen-bond donors (Lipinski definition) is 1. The number of hydrogen-bond acceptors (Lipinski definition) is 4. The molecule has 5 heteroatoms. The van der Waals surface area contributed by atoms with Gasteiger partial charge >= 0.3 is 5.97 Å². The van der Waals surface area contributed by atoms with E-state index in [1.54, 1.807) is 0 Å². The van der Waals surface area contributed by atoms with Crippen molar-refractivity contribution in [2.45, 2.75) is 0 Å². The molecule has 0 aliphatic carbocycles. The summed E-state index contributed by atoms with van der Waals surface area (Å²) in [5.74, 6) is 1.22. The van der Waals surface area contributed by atoms with Gasteiger partial charge in [0, 0.05) is 6.07 Å². The van der Waals surface area contributed by atoms with Gasteiger partial charge in [0.15, 0.2) is 0 Å². The first kappa shape index (κ1) is 12.8. The quantitative estimate of drug-likeness (QED) is 0.639. The molecule has 17 heavy (non-hydrogen) atoms. The molecule has 1 aromatic carbocycles. The van der Waals surface area contributed by atoms with Crippen molar-refractivity contribution in [3.8, 4) is 18.1 Å². The predicted molar refractivity (Wildman–Crippen MR) is 61.6 cm³/mol. The Morgan fingerprint density at radius 1 is 1.53 bits per heavy atom. The summed E-state index contributed by atoms with van der Waals surface area (Å²) in [5, 5.41) is 2.79. The minimum atomic E-state index is -0.760. The molecule has 90 valence electrons. The fourth-order valence-corrected chi connectivity index (χ4v) is 1.27. The van der Waals surface area contributed by atoms with Crippen LogP contribution >= 0.6 is 0 Å². The fourth-order valence-electron chi connectivity index (χ4n) is 1.27. The highest BCUT2D eigenvalue weighted by Crippen LogP contribution is 2.28. The van der Waals surface area contributed by atoms with Crippen molar-refractivity contribution in [1.82, 2.24) is 0 Å². The first-order valence-electron chi connectivity index (χ1n) is 4.77. The molecular formula is C12H12FNO3. The van der Waals surface area contributed by atoms with Crippen molar-refractivity contribution >= 4 is 11.7 Å². The summed E-state index contributed by atoms with van der Waals surface area (Å²) in [6.45, 7) is 0.230. The largest absolute Gasteiger partial charge is 0.495 e. The van der Waals surface area contributed by atoms with Crippen molar-refractivity contribution in [3.05, 3.63) is 23.5 Å². The highest BCUT2D eigenvalue weighted by Gasteiger charge is 2.16. The first-order valence-corrected chi connectivity index (χ1v) is 4.77. The topological polar surface area (TPSA) is 47.6 Å². The van der Waals surface area contributed by atoms with E-state index in [1.165, 1.54) is 20.3 Å². The van der Waals surface area contributed by atoms with Crippen LogP contribution in [0.1, 0.15) is 10.4 Å². The van der Waals surface area contributed by atoms with Crippen LogP contribution in [0.5, 0.6) is 5.75 Å². The van der Waals surface area contributed by atoms with Crippen LogP contribution in [0.2, 0.25) is 0 Å². The van der Waals surface area contributed by atoms with Crippen molar-refractivity contribution in [3.63, 3.8) is 0 Å². The molecule has 0 aliphatic heterocycles. The summed E-state index contributed by atoms with van der Waals surface area (Å²) in [4.78, 5) is 11.3. The summed E-state index contributed by atoms with van der Waals surface area (Å²) >= 11 is 0. The molecule has 0 spiro atoms. The molecular weight excluding hydrogens is 225 g/mol. The fraction of sp³-hybridized carbons (Fsp3) is 0.250.